The van der Waals surface area contributed by atoms with E-state index in [1.807, 2.05) is 0 Å². The molecule has 2 aliphatic carbocycles. The van der Waals surface area contributed by atoms with Gasteiger partial charge in [-0.25, -0.2) is 0 Å². The van der Waals surface area contributed by atoms with Crippen molar-refractivity contribution < 1.29 is 0 Å². The molecule has 0 nitrogen and oxygen atoms in total. The lowest BCUT2D eigenvalue weighted by Crippen LogP contribution is -1.95. The Kier molecular flexibility index (Phi) is 3.71. The van der Waals surface area contributed by atoms with Crippen molar-refractivity contribution in [3.8, 4) is 0 Å². The molecular weight excluding hydrogens is 184 g/mol. The average molecular weight is 202 g/mol. The number of rotatable bonds is 3. The second-order valence-electron chi connectivity index (χ2n) is 4.01. The van der Waals surface area contributed by atoms with Crippen LogP contribution in [0.3, 0.4) is 0 Å². The molecule has 2 rings (SSSR count). The molecular formula is C10H18S2. The summed E-state index contributed by atoms with van der Waals surface area (Å²) in [5.41, 5.74) is 0. The van der Waals surface area contributed by atoms with Crippen molar-refractivity contribution in [3.63, 3.8) is 0 Å². The van der Waals surface area contributed by atoms with E-state index in [9.17, 15) is 0 Å². The van der Waals surface area contributed by atoms with E-state index >= 15 is 0 Å². The lowest BCUT2D eigenvalue weighted by molar-refractivity contribution is 0.886. The molecule has 2 heteroatoms. The Balaban J connectivity index is 1.60. The minimum absolute atomic E-state index is 1.01. The average Bonchev–Trinajstić information content (AvgIpc) is 2.74. The van der Waals surface area contributed by atoms with E-state index in [1.165, 1.54) is 51.4 Å². The van der Waals surface area contributed by atoms with Crippen LogP contribution in [0, 0.1) is 0 Å². The molecule has 0 bridgehead atoms. The van der Waals surface area contributed by atoms with Gasteiger partial charge < -0.3 is 0 Å². The van der Waals surface area contributed by atoms with Crippen molar-refractivity contribution in [2.45, 2.75) is 61.9 Å². The van der Waals surface area contributed by atoms with Gasteiger partial charge in [0.05, 0.1) is 0 Å². The molecule has 0 spiro atoms. The quantitative estimate of drug-likeness (QED) is 0.627. The lowest BCUT2D eigenvalue weighted by Gasteiger charge is -2.11. The third-order valence-corrected chi connectivity index (χ3v) is 6.50. The fourth-order valence-electron chi connectivity index (χ4n) is 2.13. The Morgan fingerprint density at radius 1 is 0.583 bits per heavy atom. The molecule has 2 fully saturated rings. The Bertz CT molecular complexity index is 108. The highest BCUT2D eigenvalue weighted by Crippen LogP contribution is 2.43. The van der Waals surface area contributed by atoms with Gasteiger partial charge in [0.2, 0.25) is 0 Å². The first-order valence-electron chi connectivity index (χ1n) is 5.27. The maximum absolute atomic E-state index is 2.20. The van der Waals surface area contributed by atoms with E-state index < -0.39 is 0 Å². The van der Waals surface area contributed by atoms with Crippen LogP contribution in [0.15, 0.2) is 0 Å². The van der Waals surface area contributed by atoms with E-state index in [2.05, 4.69) is 21.6 Å². The Morgan fingerprint density at radius 3 is 1.25 bits per heavy atom. The fraction of sp³-hybridized carbons (Fsp3) is 1.00. The zero-order valence-electron chi connectivity index (χ0n) is 7.63. The zero-order chi connectivity index (χ0) is 8.23. The minimum atomic E-state index is 1.01. The molecule has 12 heavy (non-hydrogen) atoms. The Labute approximate surface area is 83.7 Å². The third-order valence-electron chi connectivity index (χ3n) is 2.93. The lowest BCUT2D eigenvalue weighted by atomic mass is 10.4. The normalized spacial score (nSPS) is 27.0. The molecule has 2 saturated carbocycles. The highest BCUT2D eigenvalue weighted by molar-refractivity contribution is 8.77. The van der Waals surface area contributed by atoms with Gasteiger partial charge >= 0.3 is 0 Å². The second-order valence-corrected chi connectivity index (χ2v) is 6.88. The van der Waals surface area contributed by atoms with Gasteiger partial charge in [-0.05, 0) is 25.7 Å². The van der Waals surface area contributed by atoms with Gasteiger partial charge in [0.25, 0.3) is 0 Å². The highest BCUT2D eigenvalue weighted by Gasteiger charge is 2.20. The van der Waals surface area contributed by atoms with Crippen molar-refractivity contribution >= 4 is 21.6 Å². The standard InChI is InChI=1S/C10H18S2/c1-2-6-9(5-1)11-12-10-7-3-4-8-10/h9-10H,1-8H2. The van der Waals surface area contributed by atoms with E-state index in [4.69, 9.17) is 0 Å². The van der Waals surface area contributed by atoms with Gasteiger partial charge in [0.15, 0.2) is 0 Å². The topological polar surface area (TPSA) is 0 Å². The molecule has 0 aromatic heterocycles. The maximum Gasteiger partial charge on any atom is 0.0151 e. The summed E-state index contributed by atoms with van der Waals surface area (Å²) in [6.07, 6.45) is 11.9. The first-order chi connectivity index (χ1) is 5.95. The van der Waals surface area contributed by atoms with Gasteiger partial charge in [-0.2, -0.15) is 0 Å². The number of hydrogen-bond acceptors (Lipinski definition) is 2. The summed E-state index contributed by atoms with van der Waals surface area (Å²) in [7, 11) is 4.40. The van der Waals surface area contributed by atoms with E-state index in [0.29, 0.717) is 0 Å². The largest absolute Gasteiger partial charge is 0.0904 e. The summed E-state index contributed by atoms with van der Waals surface area (Å²) in [5, 5.41) is 2.02. The van der Waals surface area contributed by atoms with Crippen LogP contribution in [-0.4, -0.2) is 10.5 Å². The zero-order valence-corrected chi connectivity index (χ0v) is 9.26. The van der Waals surface area contributed by atoms with Crippen LogP contribution in [0.4, 0.5) is 0 Å². The molecule has 0 atom stereocenters. The molecule has 70 valence electrons. The maximum atomic E-state index is 2.20. The van der Waals surface area contributed by atoms with Gasteiger partial charge in [-0.3, -0.25) is 0 Å². The summed E-state index contributed by atoms with van der Waals surface area (Å²) in [6, 6.07) is 0. The Morgan fingerprint density at radius 2 is 0.917 bits per heavy atom. The summed E-state index contributed by atoms with van der Waals surface area (Å²) in [6.45, 7) is 0. The van der Waals surface area contributed by atoms with Crippen molar-refractivity contribution in [2.75, 3.05) is 0 Å². The van der Waals surface area contributed by atoms with Crippen LogP contribution in [-0.2, 0) is 0 Å². The third kappa shape index (κ3) is 2.59. The van der Waals surface area contributed by atoms with Crippen LogP contribution in [0.5, 0.6) is 0 Å². The SMILES string of the molecule is C1CCC(SSC2CCCC2)C1. The van der Waals surface area contributed by atoms with Crippen molar-refractivity contribution in [3.05, 3.63) is 0 Å². The predicted octanol–water partition coefficient (Wildman–Crippen LogP) is 4.25. The molecule has 0 aromatic rings. The van der Waals surface area contributed by atoms with E-state index in [1.54, 1.807) is 0 Å². The van der Waals surface area contributed by atoms with E-state index in [-0.39, 0.29) is 0 Å². The van der Waals surface area contributed by atoms with Gasteiger partial charge in [-0.15, -0.1) is 0 Å². The van der Waals surface area contributed by atoms with Crippen molar-refractivity contribution in [1.82, 2.24) is 0 Å². The van der Waals surface area contributed by atoms with Crippen LogP contribution in [0.25, 0.3) is 0 Å². The molecule has 0 N–H and O–H groups in total. The molecule has 0 aromatic carbocycles. The Hall–Kier alpha value is 0.700. The molecule has 0 heterocycles. The van der Waals surface area contributed by atoms with Crippen LogP contribution in [0.2, 0.25) is 0 Å². The smallest absolute Gasteiger partial charge is 0.0151 e. The molecule has 0 radical (unpaired) electrons. The summed E-state index contributed by atoms with van der Waals surface area (Å²) >= 11 is 0. The molecule has 0 saturated heterocycles. The molecule has 0 unspecified atom stereocenters. The minimum Gasteiger partial charge on any atom is -0.0904 e. The van der Waals surface area contributed by atoms with Crippen LogP contribution < -0.4 is 0 Å². The second kappa shape index (κ2) is 4.80. The van der Waals surface area contributed by atoms with Crippen LogP contribution >= 0.6 is 21.6 Å². The monoisotopic (exact) mass is 202 g/mol. The summed E-state index contributed by atoms with van der Waals surface area (Å²) < 4.78 is 0. The number of hydrogen-bond donors (Lipinski definition) is 0. The first-order valence-corrected chi connectivity index (χ1v) is 7.55. The predicted molar refractivity (Wildman–Crippen MR) is 59.7 cm³/mol. The van der Waals surface area contributed by atoms with Crippen molar-refractivity contribution in [1.29, 1.82) is 0 Å². The highest BCUT2D eigenvalue weighted by atomic mass is 33.1. The van der Waals surface area contributed by atoms with Gasteiger partial charge in [-0.1, -0.05) is 47.3 Å². The van der Waals surface area contributed by atoms with Crippen molar-refractivity contribution in [2.24, 2.45) is 0 Å². The molecule has 0 aliphatic heterocycles. The van der Waals surface area contributed by atoms with Gasteiger partial charge in [0, 0.05) is 10.5 Å². The van der Waals surface area contributed by atoms with Crippen LogP contribution in [0.1, 0.15) is 51.4 Å². The van der Waals surface area contributed by atoms with Gasteiger partial charge in [0.1, 0.15) is 0 Å². The molecule has 2 aliphatic rings. The fourth-order valence-corrected chi connectivity index (χ4v) is 5.59. The summed E-state index contributed by atoms with van der Waals surface area (Å²) in [5.74, 6) is 0. The van der Waals surface area contributed by atoms with E-state index in [0.717, 1.165) is 10.5 Å². The molecule has 0 amide bonds. The first kappa shape index (κ1) is 9.26. The summed E-state index contributed by atoms with van der Waals surface area (Å²) in [4.78, 5) is 0.